The Morgan fingerprint density at radius 1 is 0.542 bits per heavy atom. The summed E-state index contributed by atoms with van der Waals surface area (Å²) in [5.74, 6) is 0. The lowest BCUT2D eigenvalue weighted by Crippen LogP contribution is -2.47. The molecule has 0 fully saturated rings. The van der Waals surface area contributed by atoms with Gasteiger partial charge in [0, 0.05) is 0 Å². The molecule has 0 bridgehead atoms. The lowest BCUT2D eigenvalue weighted by molar-refractivity contribution is -0.325. The zero-order valence-electron chi connectivity index (χ0n) is 10.8. The van der Waals surface area contributed by atoms with E-state index in [2.05, 4.69) is 5.73 Å². The van der Waals surface area contributed by atoms with E-state index in [-0.39, 0.29) is 0 Å². The molecule has 19 heteroatoms. The van der Waals surface area contributed by atoms with Crippen molar-refractivity contribution in [2.75, 3.05) is 7.05 Å². The third kappa shape index (κ3) is 4.42. The van der Waals surface area contributed by atoms with E-state index in [4.69, 9.17) is 0 Å². The molecular weight excluding hydrogens is 437 g/mol. The fourth-order valence-electron chi connectivity index (χ4n) is 0.717. The van der Waals surface area contributed by atoms with Crippen LogP contribution in [0.4, 0.5) is 39.5 Å². The van der Waals surface area contributed by atoms with Gasteiger partial charge in [-0.2, -0.15) is 39.5 Å². The molecule has 0 aliphatic heterocycles. The molecule has 0 saturated heterocycles. The fourth-order valence-corrected chi connectivity index (χ4v) is 6.45. The highest BCUT2D eigenvalue weighted by Crippen LogP contribution is 2.47. The minimum absolute atomic E-state index is 1.75. The molecule has 0 amide bonds. The van der Waals surface area contributed by atoms with Gasteiger partial charge in [-0.05, 0) is 0 Å². The molecular formula is C5H6F9NO6S3. The minimum Gasteiger partial charge on any atom is -0.360 e. The summed E-state index contributed by atoms with van der Waals surface area (Å²) in [6.07, 6.45) is 0. The van der Waals surface area contributed by atoms with Crippen LogP contribution >= 0.6 is 0 Å². The van der Waals surface area contributed by atoms with E-state index >= 15 is 0 Å². The van der Waals surface area contributed by atoms with E-state index in [1.54, 1.807) is 7.05 Å². The largest absolute Gasteiger partial charge is 0.470 e. The molecule has 0 aliphatic carbocycles. The number of hydrogen-bond donors (Lipinski definition) is 1. The molecule has 0 spiro atoms. The third-order valence-corrected chi connectivity index (χ3v) is 8.67. The van der Waals surface area contributed by atoms with Gasteiger partial charge in [-0.1, -0.05) is 0 Å². The third-order valence-electron chi connectivity index (χ3n) is 1.57. The summed E-state index contributed by atoms with van der Waals surface area (Å²) in [5.41, 5.74) is -17.9. The lowest BCUT2D eigenvalue weighted by Gasteiger charge is -2.31. The Balaban J connectivity index is 0. The summed E-state index contributed by atoms with van der Waals surface area (Å²) in [4.78, 5) is 0. The molecule has 3 N–H and O–H groups in total. The molecule has 7 nitrogen and oxygen atoms in total. The SMILES string of the molecule is C[NH3+].O=S(=O)([C-](S(=O)(=O)C(F)(F)F)S(=O)(=O)C(F)(F)F)C(F)(F)F. The Morgan fingerprint density at radius 3 is 0.750 bits per heavy atom. The summed E-state index contributed by atoms with van der Waals surface area (Å²) >= 11 is 0. The van der Waals surface area contributed by atoms with Crippen molar-refractivity contribution in [1.29, 1.82) is 0 Å². The Morgan fingerprint density at radius 2 is 0.667 bits per heavy atom. The van der Waals surface area contributed by atoms with Gasteiger partial charge in [0.05, 0.1) is 11.0 Å². The molecule has 0 saturated carbocycles. The van der Waals surface area contributed by atoms with Crippen molar-refractivity contribution < 1.29 is 70.5 Å². The van der Waals surface area contributed by atoms with Crippen LogP contribution in [0, 0.1) is 3.91 Å². The monoisotopic (exact) mass is 443 g/mol. The molecule has 24 heavy (non-hydrogen) atoms. The molecule has 0 aromatic heterocycles. The number of sulfone groups is 3. The Bertz CT molecular complexity index is 636. The number of hydrogen-bond acceptors (Lipinski definition) is 6. The first-order valence-corrected chi connectivity index (χ1v) is 9.08. The summed E-state index contributed by atoms with van der Waals surface area (Å²) in [7, 11) is -22.3. The maximum Gasteiger partial charge on any atom is 0.470 e. The summed E-state index contributed by atoms with van der Waals surface area (Å²) in [6.45, 7) is 0. The van der Waals surface area contributed by atoms with Gasteiger partial charge in [-0.25, -0.2) is 0 Å². The number of alkyl halides is 9. The molecule has 0 radical (unpaired) electrons. The van der Waals surface area contributed by atoms with Gasteiger partial charge in [0.2, 0.25) is 0 Å². The normalized spacial score (nSPS) is 15.0. The van der Waals surface area contributed by atoms with Crippen LogP contribution < -0.4 is 5.73 Å². The first kappa shape index (κ1) is 25.4. The topological polar surface area (TPSA) is 130 Å². The number of rotatable bonds is 3. The first-order valence-electron chi connectivity index (χ1n) is 4.63. The van der Waals surface area contributed by atoms with Gasteiger partial charge in [0.25, 0.3) is 0 Å². The van der Waals surface area contributed by atoms with Crippen LogP contribution in [0.5, 0.6) is 0 Å². The van der Waals surface area contributed by atoms with Gasteiger partial charge in [0.1, 0.15) is 0 Å². The zero-order valence-corrected chi connectivity index (χ0v) is 13.2. The average molecular weight is 443 g/mol. The van der Waals surface area contributed by atoms with Crippen LogP contribution in [-0.2, 0) is 29.5 Å². The van der Waals surface area contributed by atoms with E-state index in [1.807, 2.05) is 0 Å². The Kier molecular flexibility index (Phi) is 7.23. The second kappa shape index (κ2) is 6.83. The molecule has 0 atom stereocenters. The minimum atomic E-state index is -8.02. The van der Waals surface area contributed by atoms with Crippen LogP contribution in [0.25, 0.3) is 0 Å². The van der Waals surface area contributed by atoms with Crippen LogP contribution in [-0.4, -0.2) is 48.8 Å². The van der Waals surface area contributed by atoms with E-state index in [9.17, 15) is 64.8 Å². The van der Waals surface area contributed by atoms with Crippen molar-refractivity contribution in [3.05, 3.63) is 3.91 Å². The zero-order chi connectivity index (χ0) is 20.6. The van der Waals surface area contributed by atoms with E-state index in [0.717, 1.165) is 0 Å². The highest BCUT2D eigenvalue weighted by Gasteiger charge is 2.63. The first-order chi connectivity index (χ1) is 10.1. The maximum atomic E-state index is 12.0. The Hall–Kier alpha value is -0.820. The summed E-state index contributed by atoms with van der Waals surface area (Å²) in [5, 5.41) is 0. The lowest BCUT2D eigenvalue weighted by atomic mass is 11.5. The van der Waals surface area contributed by atoms with Gasteiger partial charge in [0.15, 0.2) is 29.5 Å². The fraction of sp³-hybridized carbons (Fsp3) is 0.800. The molecule has 0 aromatic rings. The van der Waals surface area contributed by atoms with Crippen molar-refractivity contribution in [2.45, 2.75) is 16.5 Å². The summed E-state index contributed by atoms with van der Waals surface area (Å²) in [6, 6.07) is 0. The van der Waals surface area contributed by atoms with Crippen molar-refractivity contribution >= 4 is 29.5 Å². The van der Waals surface area contributed by atoms with Crippen LogP contribution in [0.15, 0.2) is 0 Å². The molecule has 148 valence electrons. The van der Waals surface area contributed by atoms with Crippen molar-refractivity contribution in [2.24, 2.45) is 0 Å². The maximum absolute atomic E-state index is 12.0. The van der Waals surface area contributed by atoms with Crippen LogP contribution in [0.1, 0.15) is 0 Å². The predicted molar refractivity (Wildman–Crippen MR) is 57.0 cm³/mol. The average Bonchev–Trinajstić information content (AvgIpc) is 2.25. The van der Waals surface area contributed by atoms with Gasteiger partial charge in [-0.15, -0.1) is 0 Å². The molecule has 0 aliphatic rings. The highest BCUT2D eigenvalue weighted by atomic mass is 32.3. The summed E-state index contributed by atoms with van der Waals surface area (Å²) < 4.78 is 167. The molecule has 0 rings (SSSR count). The van der Waals surface area contributed by atoms with Gasteiger partial charge in [-0.3, -0.25) is 25.3 Å². The van der Waals surface area contributed by atoms with Crippen molar-refractivity contribution in [3.63, 3.8) is 0 Å². The molecule has 0 heterocycles. The quantitative estimate of drug-likeness (QED) is 0.486. The van der Waals surface area contributed by atoms with E-state index in [1.165, 1.54) is 0 Å². The number of halogens is 9. The van der Waals surface area contributed by atoms with Crippen molar-refractivity contribution in [3.8, 4) is 0 Å². The molecule has 0 unspecified atom stereocenters. The standard InChI is InChI=1S/C4F9O6S3.CH5N/c5-2(6,7)20(14,15)1(21(16,17)3(8,9)10)22(18,19)4(11,12)13;1-2/h;2H2,1H3/q-1;/p+1. The number of quaternary nitrogens is 1. The predicted octanol–water partition coefficient (Wildman–Crippen LogP) is 0.0953. The Labute approximate surface area is 128 Å². The van der Waals surface area contributed by atoms with Crippen molar-refractivity contribution in [1.82, 2.24) is 0 Å². The molecule has 0 aromatic carbocycles. The smallest absolute Gasteiger partial charge is 0.360 e. The van der Waals surface area contributed by atoms with Crippen LogP contribution in [0.3, 0.4) is 0 Å². The van der Waals surface area contributed by atoms with E-state index in [0.29, 0.717) is 0 Å². The second-order valence-corrected chi connectivity index (χ2v) is 9.51. The van der Waals surface area contributed by atoms with Gasteiger partial charge < -0.3 is 5.73 Å². The van der Waals surface area contributed by atoms with Gasteiger partial charge >= 0.3 is 16.5 Å². The van der Waals surface area contributed by atoms with E-state index < -0.39 is 50.0 Å². The van der Waals surface area contributed by atoms with Crippen LogP contribution in [0.2, 0.25) is 0 Å². The second-order valence-electron chi connectivity index (χ2n) is 3.10. The highest BCUT2D eigenvalue weighted by molar-refractivity contribution is 8.29.